The topological polar surface area (TPSA) is 29.5 Å². The van der Waals surface area contributed by atoms with Gasteiger partial charge in [0.2, 0.25) is 0 Å². The number of hydrogen-bond acceptors (Lipinski definition) is 2. The third kappa shape index (κ3) is 1.02. The summed E-state index contributed by atoms with van der Waals surface area (Å²) in [5, 5.41) is 10.3. The van der Waals surface area contributed by atoms with E-state index in [-0.39, 0.29) is 0 Å². The van der Waals surface area contributed by atoms with Crippen LogP contribution in [0.2, 0.25) is 0 Å². The number of hydrogen-bond donors (Lipinski definition) is 1. The number of aliphatic hydroxyl groups is 1. The molecule has 0 aliphatic heterocycles. The number of allylic oxidation sites excluding steroid dienone is 1. The van der Waals surface area contributed by atoms with Crippen molar-refractivity contribution < 1.29 is 9.84 Å². The van der Waals surface area contributed by atoms with Gasteiger partial charge in [-0.3, -0.25) is 0 Å². The number of rotatable bonds is 2. The molecule has 13 heavy (non-hydrogen) atoms. The van der Waals surface area contributed by atoms with E-state index in [9.17, 15) is 5.11 Å². The normalized spacial score (nSPS) is 48.0. The molecule has 0 aromatic rings. The summed E-state index contributed by atoms with van der Waals surface area (Å²) in [6, 6.07) is 0. The number of methoxy groups -OCH3 is 1. The van der Waals surface area contributed by atoms with Crippen LogP contribution in [0.3, 0.4) is 0 Å². The van der Waals surface area contributed by atoms with Gasteiger partial charge in [0.05, 0.1) is 0 Å². The minimum Gasteiger partial charge on any atom is -0.382 e. The van der Waals surface area contributed by atoms with Gasteiger partial charge in [-0.05, 0) is 25.2 Å². The smallest absolute Gasteiger partial charge is 0.118 e. The van der Waals surface area contributed by atoms with Gasteiger partial charge in [-0.2, -0.15) is 0 Å². The van der Waals surface area contributed by atoms with Crippen molar-refractivity contribution in [3.63, 3.8) is 0 Å². The monoisotopic (exact) mass is 180 g/mol. The van der Waals surface area contributed by atoms with E-state index in [0.29, 0.717) is 5.92 Å². The second kappa shape index (κ2) is 2.69. The highest BCUT2D eigenvalue weighted by molar-refractivity contribution is 5.28. The molecule has 0 spiro atoms. The Bertz CT molecular complexity index is 259. The lowest BCUT2D eigenvalue weighted by Gasteiger charge is -2.51. The fourth-order valence-corrected chi connectivity index (χ4v) is 2.58. The first-order chi connectivity index (χ1) is 6.16. The van der Waals surface area contributed by atoms with Crippen LogP contribution in [0.25, 0.3) is 0 Å². The molecule has 2 nitrogen and oxygen atoms in total. The SMILES string of the molecule is C=C[C@]1(O)C[C@@H]2C=C[C@@]1(OC)CC2. The summed E-state index contributed by atoms with van der Waals surface area (Å²) in [7, 11) is 1.66. The van der Waals surface area contributed by atoms with Gasteiger partial charge in [-0.15, -0.1) is 6.58 Å². The Labute approximate surface area is 78.9 Å². The highest BCUT2D eigenvalue weighted by Crippen LogP contribution is 2.48. The number of ether oxygens (including phenoxy) is 1. The van der Waals surface area contributed by atoms with Crippen molar-refractivity contribution in [2.45, 2.75) is 30.5 Å². The summed E-state index contributed by atoms with van der Waals surface area (Å²) in [5.41, 5.74) is -1.37. The summed E-state index contributed by atoms with van der Waals surface area (Å²) >= 11 is 0. The van der Waals surface area contributed by atoms with Crippen LogP contribution in [0.5, 0.6) is 0 Å². The van der Waals surface area contributed by atoms with Crippen LogP contribution in [0.1, 0.15) is 19.3 Å². The Morgan fingerprint density at radius 1 is 1.69 bits per heavy atom. The van der Waals surface area contributed by atoms with Crippen molar-refractivity contribution in [2.24, 2.45) is 5.92 Å². The molecular formula is C11H16O2. The summed E-state index contributed by atoms with van der Waals surface area (Å²) in [6.45, 7) is 3.70. The van der Waals surface area contributed by atoms with Crippen LogP contribution >= 0.6 is 0 Å². The maximum Gasteiger partial charge on any atom is 0.118 e. The lowest BCUT2D eigenvalue weighted by molar-refractivity contribution is -0.151. The van der Waals surface area contributed by atoms with E-state index in [1.807, 2.05) is 6.08 Å². The van der Waals surface area contributed by atoms with Crippen LogP contribution in [0, 0.1) is 5.92 Å². The first-order valence-corrected chi connectivity index (χ1v) is 4.76. The van der Waals surface area contributed by atoms with E-state index >= 15 is 0 Å². The van der Waals surface area contributed by atoms with E-state index in [0.717, 1.165) is 19.3 Å². The maximum atomic E-state index is 10.3. The second-order valence-corrected chi connectivity index (χ2v) is 4.08. The van der Waals surface area contributed by atoms with Gasteiger partial charge in [-0.25, -0.2) is 0 Å². The molecule has 3 rings (SSSR count). The van der Waals surface area contributed by atoms with Gasteiger partial charge in [0, 0.05) is 7.11 Å². The van der Waals surface area contributed by atoms with Crippen molar-refractivity contribution in [3.05, 3.63) is 24.8 Å². The van der Waals surface area contributed by atoms with Crippen LogP contribution in [-0.4, -0.2) is 23.4 Å². The Morgan fingerprint density at radius 3 is 2.85 bits per heavy atom. The predicted molar refractivity (Wildman–Crippen MR) is 51.4 cm³/mol. The molecule has 3 aliphatic rings. The predicted octanol–water partition coefficient (Wildman–Crippen LogP) is 1.66. The van der Waals surface area contributed by atoms with Gasteiger partial charge in [0.1, 0.15) is 11.2 Å². The largest absolute Gasteiger partial charge is 0.382 e. The average molecular weight is 180 g/mol. The molecule has 0 radical (unpaired) electrons. The molecule has 0 aromatic heterocycles. The highest BCUT2D eigenvalue weighted by Gasteiger charge is 2.53. The Morgan fingerprint density at radius 2 is 2.46 bits per heavy atom. The molecule has 0 heterocycles. The van der Waals surface area contributed by atoms with Crippen molar-refractivity contribution in [1.82, 2.24) is 0 Å². The molecular weight excluding hydrogens is 164 g/mol. The average Bonchev–Trinajstić information content (AvgIpc) is 2.19. The van der Waals surface area contributed by atoms with Crippen LogP contribution in [0.15, 0.2) is 24.8 Å². The molecule has 3 atom stereocenters. The molecule has 72 valence electrons. The zero-order valence-electron chi connectivity index (χ0n) is 7.99. The maximum absolute atomic E-state index is 10.3. The van der Waals surface area contributed by atoms with E-state index < -0.39 is 11.2 Å². The summed E-state index contributed by atoms with van der Waals surface area (Å²) in [6.07, 6.45) is 8.55. The lowest BCUT2D eigenvalue weighted by Crippen LogP contribution is -2.58. The summed E-state index contributed by atoms with van der Waals surface area (Å²) in [5.74, 6) is 0.500. The fraction of sp³-hybridized carbons (Fsp3) is 0.636. The molecule has 1 fully saturated rings. The van der Waals surface area contributed by atoms with Gasteiger partial charge >= 0.3 is 0 Å². The van der Waals surface area contributed by atoms with Crippen molar-refractivity contribution in [3.8, 4) is 0 Å². The third-order valence-electron chi connectivity index (χ3n) is 3.53. The van der Waals surface area contributed by atoms with E-state index in [1.54, 1.807) is 13.2 Å². The standard InChI is InChI=1S/C11H16O2/c1-3-10(12)8-9-4-6-11(10,13-2)7-5-9/h3-4,6,9,12H,1,5,7-8H2,2H3/t9-,10+,11-/m1/s1. The summed E-state index contributed by atoms with van der Waals surface area (Å²) in [4.78, 5) is 0. The van der Waals surface area contributed by atoms with Gasteiger partial charge in [-0.1, -0.05) is 18.2 Å². The van der Waals surface area contributed by atoms with Crippen molar-refractivity contribution in [1.29, 1.82) is 0 Å². The molecule has 1 saturated carbocycles. The molecule has 0 amide bonds. The lowest BCUT2D eigenvalue weighted by atomic mass is 9.63. The first kappa shape index (κ1) is 8.97. The van der Waals surface area contributed by atoms with Gasteiger partial charge in [0.15, 0.2) is 0 Å². The first-order valence-electron chi connectivity index (χ1n) is 4.76. The molecule has 0 saturated heterocycles. The molecule has 2 heteroatoms. The third-order valence-corrected chi connectivity index (χ3v) is 3.53. The molecule has 0 aromatic carbocycles. The fourth-order valence-electron chi connectivity index (χ4n) is 2.58. The van der Waals surface area contributed by atoms with Crippen molar-refractivity contribution >= 4 is 0 Å². The molecule has 1 N–H and O–H groups in total. The van der Waals surface area contributed by atoms with Gasteiger partial charge in [0.25, 0.3) is 0 Å². The highest BCUT2D eigenvalue weighted by atomic mass is 16.5. The van der Waals surface area contributed by atoms with Crippen LogP contribution in [-0.2, 0) is 4.74 Å². The Hall–Kier alpha value is -0.600. The molecule has 3 aliphatic carbocycles. The van der Waals surface area contributed by atoms with E-state index in [1.165, 1.54) is 0 Å². The quantitative estimate of drug-likeness (QED) is 0.655. The van der Waals surface area contributed by atoms with E-state index in [4.69, 9.17) is 4.74 Å². The second-order valence-electron chi connectivity index (χ2n) is 4.08. The zero-order chi connectivity index (χ0) is 9.53. The van der Waals surface area contributed by atoms with Gasteiger partial charge < -0.3 is 9.84 Å². The Balaban J connectivity index is 2.43. The minimum absolute atomic E-state index is 0.500. The van der Waals surface area contributed by atoms with E-state index in [2.05, 4.69) is 12.7 Å². The summed E-state index contributed by atoms with van der Waals surface area (Å²) < 4.78 is 5.46. The van der Waals surface area contributed by atoms with Crippen molar-refractivity contribution in [2.75, 3.05) is 7.11 Å². The zero-order valence-corrected chi connectivity index (χ0v) is 7.99. The molecule has 2 bridgehead atoms. The van der Waals surface area contributed by atoms with Crippen LogP contribution < -0.4 is 0 Å². The van der Waals surface area contributed by atoms with Crippen LogP contribution in [0.4, 0.5) is 0 Å². The Kier molecular flexibility index (Phi) is 1.86. The number of fused-ring (bicyclic) bond motifs is 2. The minimum atomic E-state index is -0.862. The molecule has 0 unspecified atom stereocenters.